The largest absolute Gasteiger partial charge is 0.492 e. The Bertz CT molecular complexity index is 648. The van der Waals surface area contributed by atoms with E-state index in [1.165, 1.54) is 43.2 Å². The molecule has 4 rings (SSSR count). The van der Waals surface area contributed by atoms with Crippen molar-refractivity contribution in [2.75, 3.05) is 32.8 Å². The summed E-state index contributed by atoms with van der Waals surface area (Å²) >= 11 is 0. The third kappa shape index (κ3) is 3.79. The number of nitrogens with zero attached hydrogens (tertiary/aromatic N) is 1. The standard InChI is InChI=1S/C19H24N2O.ClH/c1-2-4-16-13-18(6-5-15(16)3-1)22-12-11-21-10-8-19-17(14-21)7-9-20-19;/h1-6,13,17,19-20H,7-12,14H2;1H. The Balaban J connectivity index is 0.00000156. The molecule has 23 heavy (non-hydrogen) atoms. The maximum Gasteiger partial charge on any atom is 0.120 e. The van der Waals surface area contributed by atoms with Crippen LogP contribution in [0.3, 0.4) is 0 Å². The smallest absolute Gasteiger partial charge is 0.120 e. The molecule has 0 aliphatic carbocycles. The molecule has 2 atom stereocenters. The predicted molar refractivity (Wildman–Crippen MR) is 97.6 cm³/mol. The van der Waals surface area contributed by atoms with Gasteiger partial charge in [0.1, 0.15) is 12.4 Å². The number of hydrogen-bond donors (Lipinski definition) is 1. The Morgan fingerprint density at radius 1 is 1.09 bits per heavy atom. The average molecular weight is 333 g/mol. The van der Waals surface area contributed by atoms with Crippen molar-refractivity contribution in [1.29, 1.82) is 0 Å². The zero-order valence-electron chi connectivity index (χ0n) is 13.4. The van der Waals surface area contributed by atoms with E-state index in [1.54, 1.807) is 0 Å². The molecule has 0 radical (unpaired) electrons. The van der Waals surface area contributed by atoms with Crippen LogP contribution in [0.25, 0.3) is 10.8 Å². The van der Waals surface area contributed by atoms with Crippen molar-refractivity contribution < 1.29 is 4.74 Å². The molecule has 0 amide bonds. The van der Waals surface area contributed by atoms with Gasteiger partial charge in [0.05, 0.1) is 0 Å². The minimum absolute atomic E-state index is 0. The number of ether oxygens (including phenoxy) is 1. The Morgan fingerprint density at radius 3 is 2.87 bits per heavy atom. The quantitative estimate of drug-likeness (QED) is 0.929. The van der Waals surface area contributed by atoms with Crippen LogP contribution in [-0.4, -0.2) is 43.7 Å². The number of fused-ring (bicyclic) bond motifs is 2. The van der Waals surface area contributed by atoms with Gasteiger partial charge < -0.3 is 10.1 Å². The highest BCUT2D eigenvalue weighted by Gasteiger charge is 2.32. The first-order valence-corrected chi connectivity index (χ1v) is 8.46. The summed E-state index contributed by atoms with van der Waals surface area (Å²) in [6.45, 7) is 5.46. The van der Waals surface area contributed by atoms with Crippen LogP contribution < -0.4 is 10.1 Å². The Hall–Kier alpha value is -1.29. The van der Waals surface area contributed by atoms with E-state index in [0.29, 0.717) is 0 Å². The maximum atomic E-state index is 5.97. The van der Waals surface area contributed by atoms with Crippen molar-refractivity contribution in [2.24, 2.45) is 5.92 Å². The molecule has 2 fully saturated rings. The van der Waals surface area contributed by atoms with E-state index < -0.39 is 0 Å². The fourth-order valence-corrected chi connectivity index (χ4v) is 3.88. The van der Waals surface area contributed by atoms with E-state index in [9.17, 15) is 0 Å². The Kier molecular flexibility index (Phi) is 5.42. The van der Waals surface area contributed by atoms with Crippen LogP contribution in [0.4, 0.5) is 0 Å². The molecule has 3 nitrogen and oxygen atoms in total. The minimum Gasteiger partial charge on any atom is -0.492 e. The number of benzene rings is 2. The van der Waals surface area contributed by atoms with Crippen molar-refractivity contribution in [2.45, 2.75) is 18.9 Å². The second kappa shape index (κ2) is 7.52. The number of likely N-dealkylation sites (tertiary alicyclic amines) is 1. The van der Waals surface area contributed by atoms with Gasteiger partial charge in [0.25, 0.3) is 0 Å². The van der Waals surface area contributed by atoms with Gasteiger partial charge in [-0.25, -0.2) is 0 Å². The van der Waals surface area contributed by atoms with E-state index in [2.05, 4.69) is 52.7 Å². The average Bonchev–Trinajstić information content (AvgIpc) is 3.02. The minimum atomic E-state index is 0. The molecule has 2 aliphatic heterocycles. The zero-order chi connectivity index (χ0) is 14.8. The third-order valence-electron chi connectivity index (χ3n) is 5.14. The zero-order valence-corrected chi connectivity index (χ0v) is 14.2. The van der Waals surface area contributed by atoms with E-state index in [4.69, 9.17) is 4.74 Å². The molecule has 2 unspecified atom stereocenters. The highest BCUT2D eigenvalue weighted by molar-refractivity contribution is 5.85. The second-order valence-corrected chi connectivity index (χ2v) is 6.56. The summed E-state index contributed by atoms with van der Waals surface area (Å²) in [5.74, 6) is 1.84. The van der Waals surface area contributed by atoms with Crippen LogP contribution in [0, 0.1) is 5.92 Å². The monoisotopic (exact) mass is 332 g/mol. The normalized spacial score (nSPS) is 24.2. The number of rotatable bonds is 4. The molecule has 0 saturated carbocycles. The summed E-state index contributed by atoms with van der Waals surface area (Å²) in [4.78, 5) is 2.56. The van der Waals surface area contributed by atoms with Gasteiger partial charge in [-0.1, -0.05) is 30.3 Å². The highest BCUT2D eigenvalue weighted by atomic mass is 35.5. The fourth-order valence-electron chi connectivity index (χ4n) is 3.88. The molecule has 4 heteroatoms. The summed E-state index contributed by atoms with van der Waals surface area (Å²) < 4.78 is 5.97. The van der Waals surface area contributed by atoms with Gasteiger partial charge in [-0.05, 0) is 54.8 Å². The van der Waals surface area contributed by atoms with Gasteiger partial charge >= 0.3 is 0 Å². The second-order valence-electron chi connectivity index (χ2n) is 6.56. The summed E-state index contributed by atoms with van der Waals surface area (Å²) in [7, 11) is 0. The summed E-state index contributed by atoms with van der Waals surface area (Å²) in [5.41, 5.74) is 0. The number of hydrogen-bond acceptors (Lipinski definition) is 3. The molecule has 0 bridgehead atoms. The highest BCUT2D eigenvalue weighted by Crippen LogP contribution is 2.24. The molecule has 1 N–H and O–H groups in total. The lowest BCUT2D eigenvalue weighted by atomic mass is 9.93. The Labute approximate surface area is 144 Å². The Morgan fingerprint density at radius 2 is 1.96 bits per heavy atom. The van der Waals surface area contributed by atoms with Crippen molar-refractivity contribution in [3.05, 3.63) is 42.5 Å². The fraction of sp³-hybridized carbons (Fsp3) is 0.474. The van der Waals surface area contributed by atoms with Crippen molar-refractivity contribution in [3.8, 4) is 5.75 Å². The third-order valence-corrected chi connectivity index (χ3v) is 5.14. The maximum absolute atomic E-state index is 5.97. The summed E-state index contributed by atoms with van der Waals surface area (Å²) in [5, 5.41) is 6.14. The molecule has 0 spiro atoms. The molecule has 2 aromatic rings. The number of piperidine rings is 1. The topological polar surface area (TPSA) is 24.5 Å². The lowest BCUT2D eigenvalue weighted by Gasteiger charge is -2.34. The van der Waals surface area contributed by atoms with Gasteiger partial charge in [-0.2, -0.15) is 0 Å². The number of halogens is 1. The van der Waals surface area contributed by atoms with Crippen LogP contribution in [0.5, 0.6) is 5.75 Å². The van der Waals surface area contributed by atoms with E-state index >= 15 is 0 Å². The summed E-state index contributed by atoms with van der Waals surface area (Å²) in [6.07, 6.45) is 2.63. The molecule has 0 aromatic heterocycles. The lowest BCUT2D eigenvalue weighted by Crippen LogP contribution is -2.45. The van der Waals surface area contributed by atoms with E-state index in [1.807, 2.05) is 0 Å². The first-order valence-electron chi connectivity index (χ1n) is 8.46. The van der Waals surface area contributed by atoms with Crippen molar-refractivity contribution >= 4 is 23.2 Å². The first-order chi connectivity index (χ1) is 10.9. The van der Waals surface area contributed by atoms with Crippen LogP contribution in [0.1, 0.15) is 12.8 Å². The number of nitrogens with one attached hydrogen (secondary N) is 1. The van der Waals surface area contributed by atoms with Crippen molar-refractivity contribution in [3.63, 3.8) is 0 Å². The van der Waals surface area contributed by atoms with E-state index in [0.717, 1.165) is 30.9 Å². The molecule has 2 saturated heterocycles. The molecular weight excluding hydrogens is 308 g/mol. The molecular formula is C19H25ClN2O. The molecule has 2 aliphatic rings. The van der Waals surface area contributed by atoms with Crippen LogP contribution in [-0.2, 0) is 0 Å². The predicted octanol–water partition coefficient (Wildman–Crippen LogP) is 3.32. The molecule has 2 aromatic carbocycles. The van der Waals surface area contributed by atoms with Gasteiger partial charge in [0.2, 0.25) is 0 Å². The SMILES string of the molecule is Cl.c1ccc2cc(OCCN3CCC4NCCC4C3)ccc2c1. The van der Waals surface area contributed by atoms with Crippen LogP contribution in [0.2, 0.25) is 0 Å². The van der Waals surface area contributed by atoms with Gasteiger partial charge in [0.15, 0.2) is 0 Å². The van der Waals surface area contributed by atoms with Gasteiger partial charge in [-0.3, -0.25) is 4.90 Å². The first kappa shape index (κ1) is 16.6. The molecule has 124 valence electrons. The van der Waals surface area contributed by atoms with Gasteiger partial charge in [-0.15, -0.1) is 12.4 Å². The summed E-state index contributed by atoms with van der Waals surface area (Å²) in [6, 6.07) is 15.6. The van der Waals surface area contributed by atoms with Crippen LogP contribution in [0.15, 0.2) is 42.5 Å². The lowest BCUT2D eigenvalue weighted by molar-refractivity contribution is 0.138. The van der Waals surface area contributed by atoms with Crippen molar-refractivity contribution in [1.82, 2.24) is 10.2 Å². The van der Waals surface area contributed by atoms with E-state index in [-0.39, 0.29) is 12.4 Å². The van der Waals surface area contributed by atoms with Gasteiger partial charge in [0, 0.05) is 19.1 Å². The van der Waals surface area contributed by atoms with Crippen LogP contribution >= 0.6 is 12.4 Å². The molecule has 2 heterocycles.